The van der Waals surface area contributed by atoms with E-state index in [-0.39, 0.29) is 11.7 Å². The number of hydrogen-bond acceptors (Lipinski definition) is 3. The van der Waals surface area contributed by atoms with Gasteiger partial charge in [0.1, 0.15) is 5.82 Å². The highest BCUT2D eigenvalue weighted by Crippen LogP contribution is 2.15. The van der Waals surface area contributed by atoms with Crippen LogP contribution in [-0.2, 0) is 0 Å². The first-order chi connectivity index (χ1) is 10.5. The second-order valence-electron chi connectivity index (χ2n) is 5.27. The second-order valence-corrected chi connectivity index (χ2v) is 5.27. The van der Waals surface area contributed by atoms with Crippen LogP contribution in [0.2, 0.25) is 0 Å². The van der Waals surface area contributed by atoms with E-state index in [4.69, 9.17) is 5.73 Å². The molecule has 0 aliphatic carbocycles. The van der Waals surface area contributed by atoms with Crippen LogP contribution >= 0.6 is 0 Å². The fourth-order valence-corrected chi connectivity index (χ4v) is 2.25. The highest BCUT2D eigenvalue weighted by Gasteiger charge is 2.27. The van der Waals surface area contributed by atoms with Gasteiger partial charge in [-0.25, -0.2) is 9.07 Å². The van der Waals surface area contributed by atoms with Gasteiger partial charge >= 0.3 is 0 Å². The normalized spacial score (nSPS) is 11.5. The summed E-state index contributed by atoms with van der Waals surface area (Å²) in [5.41, 5.74) is 6.38. The Labute approximate surface area is 129 Å². The van der Waals surface area contributed by atoms with Crippen LogP contribution in [0.1, 0.15) is 37.2 Å². The molecule has 5 nitrogen and oxygen atoms in total. The number of carbonyl (C=O) groups is 1. The molecule has 22 heavy (non-hydrogen) atoms. The van der Waals surface area contributed by atoms with Crippen LogP contribution in [-0.4, -0.2) is 27.8 Å². The summed E-state index contributed by atoms with van der Waals surface area (Å²) in [5, 5.41) is 7.21. The molecule has 0 bridgehead atoms. The fourth-order valence-electron chi connectivity index (χ4n) is 2.25. The summed E-state index contributed by atoms with van der Waals surface area (Å²) in [6.07, 6.45) is 3.18. The van der Waals surface area contributed by atoms with Crippen molar-refractivity contribution in [1.29, 1.82) is 0 Å². The van der Waals surface area contributed by atoms with Crippen molar-refractivity contribution in [1.82, 2.24) is 15.1 Å². The Morgan fingerprint density at radius 3 is 2.45 bits per heavy atom. The highest BCUT2D eigenvalue weighted by molar-refractivity contribution is 5.92. The van der Waals surface area contributed by atoms with E-state index in [9.17, 15) is 9.18 Å². The summed E-state index contributed by atoms with van der Waals surface area (Å²) >= 11 is 0. The van der Waals surface area contributed by atoms with Crippen molar-refractivity contribution in [3.05, 3.63) is 48.0 Å². The van der Waals surface area contributed by atoms with Gasteiger partial charge in [0.15, 0.2) is 5.69 Å². The van der Waals surface area contributed by atoms with Crippen LogP contribution in [0.15, 0.2) is 36.5 Å². The average Bonchev–Trinajstić information content (AvgIpc) is 3.03. The van der Waals surface area contributed by atoms with E-state index in [0.29, 0.717) is 17.9 Å². The molecule has 6 heteroatoms. The second kappa shape index (κ2) is 6.70. The largest absolute Gasteiger partial charge is 0.344 e. The Morgan fingerprint density at radius 2 is 1.91 bits per heavy atom. The Hall–Kier alpha value is -2.21. The monoisotopic (exact) mass is 304 g/mol. The lowest BCUT2D eigenvalue weighted by molar-refractivity contribution is 0.0889. The van der Waals surface area contributed by atoms with E-state index < -0.39 is 5.54 Å². The molecule has 0 saturated heterocycles. The first kappa shape index (κ1) is 16.2. The van der Waals surface area contributed by atoms with Crippen LogP contribution < -0.4 is 11.1 Å². The lowest BCUT2D eigenvalue weighted by atomic mass is 9.93. The summed E-state index contributed by atoms with van der Waals surface area (Å²) in [6, 6.07) is 7.54. The van der Waals surface area contributed by atoms with E-state index in [2.05, 4.69) is 10.4 Å². The van der Waals surface area contributed by atoms with Gasteiger partial charge in [0.05, 0.1) is 11.2 Å². The van der Waals surface area contributed by atoms with Crippen LogP contribution in [0.4, 0.5) is 4.39 Å². The molecule has 1 amide bonds. The van der Waals surface area contributed by atoms with Crippen LogP contribution in [0.5, 0.6) is 0 Å². The molecule has 2 rings (SSSR count). The molecule has 1 aromatic carbocycles. The minimum Gasteiger partial charge on any atom is -0.344 e. The van der Waals surface area contributed by atoms with Crippen molar-refractivity contribution in [2.24, 2.45) is 5.73 Å². The molecule has 0 radical (unpaired) electrons. The lowest BCUT2D eigenvalue weighted by Crippen LogP contribution is -2.53. The summed E-state index contributed by atoms with van der Waals surface area (Å²) in [6.45, 7) is 4.37. The maximum absolute atomic E-state index is 12.9. The zero-order valence-electron chi connectivity index (χ0n) is 12.8. The van der Waals surface area contributed by atoms with Gasteiger partial charge in [-0.2, -0.15) is 5.10 Å². The van der Waals surface area contributed by atoms with E-state index in [1.54, 1.807) is 24.4 Å². The molecule has 118 valence electrons. The molecule has 1 aromatic heterocycles. The van der Waals surface area contributed by atoms with Crippen molar-refractivity contribution in [2.45, 2.75) is 32.2 Å². The zero-order chi connectivity index (χ0) is 16.2. The number of rotatable bonds is 6. The third-order valence-electron chi connectivity index (χ3n) is 4.04. The SMILES string of the molecule is CCC(CC)(CN)NC(=O)c1ccn(-c2ccc(F)cc2)n1. The maximum atomic E-state index is 12.9. The van der Waals surface area contributed by atoms with Gasteiger partial charge in [-0.1, -0.05) is 13.8 Å². The van der Waals surface area contributed by atoms with Crippen LogP contribution in [0.3, 0.4) is 0 Å². The molecular weight excluding hydrogens is 283 g/mol. The number of nitrogens with two attached hydrogens (primary N) is 1. The number of halogens is 1. The number of nitrogens with one attached hydrogen (secondary N) is 1. The number of carbonyl (C=O) groups excluding carboxylic acids is 1. The van der Waals surface area contributed by atoms with E-state index >= 15 is 0 Å². The minimum atomic E-state index is -0.406. The first-order valence-corrected chi connectivity index (χ1v) is 7.38. The minimum absolute atomic E-state index is 0.255. The van der Waals surface area contributed by atoms with Gasteiger partial charge in [-0.15, -0.1) is 0 Å². The van der Waals surface area contributed by atoms with Crippen molar-refractivity contribution >= 4 is 5.91 Å². The smallest absolute Gasteiger partial charge is 0.272 e. The first-order valence-electron chi connectivity index (χ1n) is 7.38. The van der Waals surface area contributed by atoms with Crippen molar-refractivity contribution in [3.8, 4) is 5.69 Å². The lowest BCUT2D eigenvalue weighted by Gasteiger charge is -2.31. The summed E-state index contributed by atoms with van der Waals surface area (Å²) in [5.74, 6) is -0.567. The summed E-state index contributed by atoms with van der Waals surface area (Å²) < 4.78 is 14.5. The number of hydrogen-bond donors (Lipinski definition) is 2. The number of benzene rings is 1. The molecule has 2 aromatic rings. The third-order valence-corrected chi connectivity index (χ3v) is 4.04. The molecule has 0 fully saturated rings. The Balaban J connectivity index is 2.17. The molecule has 0 unspecified atom stereocenters. The predicted octanol–water partition coefficient (Wildman–Crippen LogP) is 2.26. The van der Waals surface area contributed by atoms with E-state index in [0.717, 1.165) is 12.8 Å². The Kier molecular flexibility index (Phi) is 4.92. The van der Waals surface area contributed by atoms with Crippen LogP contribution in [0.25, 0.3) is 5.69 Å². The molecule has 0 aliphatic rings. The molecule has 0 saturated carbocycles. The van der Waals surface area contributed by atoms with Gasteiger partial charge in [-0.3, -0.25) is 4.79 Å². The molecular formula is C16H21FN4O. The molecule has 3 N–H and O–H groups in total. The number of amides is 1. The van der Waals surface area contributed by atoms with E-state index in [1.165, 1.54) is 16.8 Å². The number of aromatic nitrogens is 2. The maximum Gasteiger partial charge on any atom is 0.272 e. The topological polar surface area (TPSA) is 72.9 Å². The van der Waals surface area contributed by atoms with Gasteiger partial charge < -0.3 is 11.1 Å². The van der Waals surface area contributed by atoms with E-state index in [1.807, 2.05) is 13.8 Å². The Bertz CT molecular complexity index is 624. The molecule has 0 aliphatic heterocycles. The van der Waals surface area contributed by atoms with Gasteiger partial charge in [0.2, 0.25) is 0 Å². The predicted molar refractivity (Wildman–Crippen MR) is 83.4 cm³/mol. The quantitative estimate of drug-likeness (QED) is 0.859. The van der Waals surface area contributed by atoms with Crippen molar-refractivity contribution in [3.63, 3.8) is 0 Å². The van der Waals surface area contributed by atoms with Gasteiger partial charge in [-0.05, 0) is 43.2 Å². The average molecular weight is 304 g/mol. The van der Waals surface area contributed by atoms with Gasteiger partial charge in [0.25, 0.3) is 5.91 Å². The summed E-state index contributed by atoms with van der Waals surface area (Å²) in [7, 11) is 0. The molecule has 0 spiro atoms. The zero-order valence-corrected chi connectivity index (χ0v) is 12.8. The Morgan fingerprint density at radius 1 is 1.27 bits per heavy atom. The fraction of sp³-hybridized carbons (Fsp3) is 0.375. The van der Waals surface area contributed by atoms with Gasteiger partial charge in [0, 0.05) is 12.7 Å². The molecule has 0 atom stereocenters. The highest BCUT2D eigenvalue weighted by atomic mass is 19.1. The summed E-state index contributed by atoms with van der Waals surface area (Å²) in [4.78, 5) is 12.3. The molecule has 1 heterocycles. The van der Waals surface area contributed by atoms with Crippen molar-refractivity contribution < 1.29 is 9.18 Å². The standard InChI is InChI=1S/C16H21FN4O/c1-3-16(4-2,11-18)19-15(22)14-9-10-21(20-14)13-7-5-12(17)6-8-13/h5-10H,3-4,11,18H2,1-2H3,(H,19,22). The van der Waals surface area contributed by atoms with Crippen molar-refractivity contribution in [2.75, 3.05) is 6.54 Å². The number of nitrogens with zero attached hydrogens (tertiary/aromatic N) is 2. The van der Waals surface area contributed by atoms with Crippen LogP contribution in [0, 0.1) is 5.82 Å². The third kappa shape index (κ3) is 3.33.